The number of anilines is 1. The highest BCUT2D eigenvalue weighted by atomic mass is 16.5. The SMILES string of the molecule is Cc1ccn2c(NCc3ccccc3)c(-c3cccc(OC(=O)C=Cc4ccccc4)c3)nc2c1. The number of imidazole rings is 1. The van der Waals surface area contributed by atoms with E-state index in [1.807, 2.05) is 77.3 Å². The molecule has 0 unspecified atom stereocenters. The van der Waals surface area contributed by atoms with E-state index in [1.54, 1.807) is 12.1 Å². The summed E-state index contributed by atoms with van der Waals surface area (Å²) in [6.45, 7) is 2.71. The molecular weight excluding hydrogens is 434 g/mol. The number of aromatic nitrogens is 2. The molecule has 5 nitrogen and oxygen atoms in total. The van der Waals surface area contributed by atoms with E-state index in [0.29, 0.717) is 12.3 Å². The maximum atomic E-state index is 12.4. The minimum atomic E-state index is -0.431. The number of aryl methyl sites for hydroxylation is 1. The third-order valence-electron chi connectivity index (χ3n) is 5.62. The predicted octanol–water partition coefficient (Wildman–Crippen LogP) is 6.54. The normalized spacial score (nSPS) is 11.1. The molecule has 0 amide bonds. The lowest BCUT2D eigenvalue weighted by molar-refractivity contribution is -0.128. The van der Waals surface area contributed by atoms with E-state index in [2.05, 4.69) is 36.5 Å². The van der Waals surface area contributed by atoms with Gasteiger partial charge in [0.15, 0.2) is 0 Å². The molecule has 5 aromatic rings. The van der Waals surface area contributed by atoms with Gasteiger partial charge in [-0.2, -0.15) is 0 Å². The van der Waals surface area contributed by atoms with E-state index in [9.17, 15) is 4.79 Å². The molecule has 5 heteroatoms. The van der Waals surface area contributed by atoms with Gasteiger partial charge >= 0.3 is 5.97 Å². The first-order valence-electron chi connectivity index (χ1n) is 11.5. The van der Waals surface area contributed by atoms with Crippen LogP contribution in [0.5, 0.6) is 5.75 Å². The predicted molar refractivity (Wildman–Crippen MR) is 140 cm³/mol. The maximum Gasteiger partial charge on any atom is 0.336 e. The van der Waals surface area contributed by atoms with Crippen LogP contribution in [0.25, 0.3) is 23.0 Å². The molecule has 1 N–H and O–H groups in total. The van der Waals surface area contributed by atoms with Gasteiger partial charge in [-0.1, -0.05) is 72.8 Å². The quantitative estimate of drug-likeness (QED) is 0.171. The molecule has 2 aromatic heterocycles. The number of benzene rings is 3. The first kappa shape index (κ1) is 22.2. The second kappa shape index (κ2) is 10.1. The van der Waals surface area contributed by atoms with Crippen molar-refractivity contribution in [1.82, 2.24) is 9.38 Å². The van der Waals surface area contributed by atoms with Crippen LogP contribution in [-0.4, -0.2) is 15.4 Å². The molecule has 0 aliphatic rings. The molecule has 0 radical (unpaired) electrons. The van der Waals surface area contributed by atoms with Gasteiger partial charge in [-0.05, 0) is 54.0 Å². The van der Waals surface area contributed by atoms with E-state index in [-0.39, 0.29) is 0 Å². The Morgan fingerprint density at radius 3 is 2.51 bits per heavy atom. The Morgan fingerprint density at radius 2 is 1.71 bits per heavy atom. The van der Waals surface area contributed by atoms with Crippen LogP contribution in [0.1, 0.15) is 16.7 Å². The van der Waals surface area contributed by atoms with Gasteiger partial charge in [-0.3, -0.25) is 4.40 Å². The Balaban J connectivity index is 1.43. The summed E-state index contributed by atoms with van der Waals surface area (Å²) in [5.41, 5.74) is 5.75. The number of pyridine rings is 1. The van der Waals surface area contributed by atoms with Crippen molar-refractivity contribution in [2.75, 3.05) is 5.32 Å². The third-order valence-corrected chi connectivity index (χ3v) is 5.62. The summed E-state index contributed by atoms with van der Waals surface area (Å²) in [6.07, 6.45) is 5.19. The molecular formula is C30H25N3O2. The van der Waals surface area contributed by atoms with Crippen LogP contribution in [0.4, 0.5) is 5.82 Å². The van der Waals surface area contributed by atoms with Crippen molar-refractivity contribution >= 4 is 23.5 Å². The van der Waals surface area contributed by atoms with E-state index in [1.165, 1.54) is 11.6 Å². The highest BCUT2D eigenvalue weighted by Crippen LogP contribution is 2.31. The van der Waals surface area contributed by atoms with Crippen molar-refractivity contribution in [2.24, 2.45) is 0 Å². The van der Waals surface area contributed by atoms with Crippen LogP contribution in [0.15, 0.2) is 109 Å². The number of carbonyl (C=O) groups is 1. The smallest absolute Gasteiger partial charge is 0.336 e. The molecule has 0 fully saturated rings. The number of esters is 1. The average Bonchev–Trinajstić information content (AvgIpc) is 3.25. The van der Waals surface area contributed by atoms with Crippen LogP contribution in [0.3, 0.4) is 0 Å². The largest absolute Gasteiger partial charge is 0.423 e. The molecule has 172 valence electrons. The average molecular weight is 460 g/mol. The van der Waals surface area contributed by atoms with Crippen LogP contribution in [-0.2, 0) is 11.3 Å². The molecule has 0 atom stereocenters. The lowest BCUT2D eigenvalue weighted by Crippen LogP contribution is -2.04. The fraction of sp³-hybridized carbons (Fsp3) is 0.0667. The molecule has 0 bridgehead atoms. The molecule has 5 rings (SSSR count). The van der Waals surface area contributed by atoms with E-state index >= 15 is 0 Å². The monoisotopic (exact) mass is 459 g/mol. The van der Waals surface area contributed by atoms with Crippen molar-refractivity contribution < 1.29 is 9.53 Å². The lowest BCUT2D eigenvalue weighted by atomic mass is 10.1. The summed E-state index contributed by atoms with van der Waals surface area (Å²) >= 11 is 0. The fourth-order valence-corrected chi connectivity index (χ4v) is 3.88. The zero-order chi connectivity index (χ0) is 24.0. The van der Waals surface area contributed by atoms with Gasteiger partial charge in [0.2, 0.25) is 0 Å². The summed E-state index contributed by atoms with van der Waals surface area (Å²) in [5.74, 6) is 0.919. The molecule has 0 spiro atoms. The van der Waals surface area contributed by atoms with Gasteiger partial charge in [0.25, 0.3) is 0 Å². The van der Waals surface area contributed by atoms with Crippen molar-refractivity contribution in [3.8, 4) is 17.0 Å². The zero-order valence-electron chi connectivity index (χ0n) is 19.4. The Bertz CT molecular complexity index is 1490. The van der Waals surface area contributed by atoms with Crippen LogP contribution < -0.4 is 10.1 Å². The van der Waals surface area contributed by atoms with Crippen LogP contribution in [0, 0.1) is 6.92 Å². The number of nitrogens with one attached hydrogen (secondary N) is 1. The highest BCUT2D eigenvalue weighted by Gasteiger charge is 2.15. The minimum Gasteiger partial charge on any atom is -0.423 e. The molecule has 3 aromatic carbocycles. The van der Waals surface area contributed by atoms with Crippen molar-refractivity contribution in [2.45, 2.75) is 13.5 Å². The maximum absolute atomic E-state index is 12.4. The molecule has 0 aliphatic carbocycles. The molecule has 0 aliphatic heterocycles. The van der Waals surface area contributed by atoms with Crippen LogP contribution in [0.2, 0.25) is 0 Å². The standard InChI is InChI=1S/C30H25N3O2/c1-22-17-18-33-27(19-22)32-29(30(33)31-21-24-11-6-3-7-12-24)25-13-8-14-26(20-25)35-28(34)16-15-23-9-4-2-5-10-23/h2-20,31H,21H2,1H3. The first-order chi connectivity index (χ1) is 17.2. The summed E-state index contributed by atoms with van der Waals surface area (Å²) < 4.78 is 7.63. The number of hydrogen-bond donors (Lipinski definition) is 1. The number of fused-ring (bicyclic) bond motifs is 1. The Kier molecular flexibility index (Phi) is 6.39. The molecule has 0 saturated carbocycles. The number of rotatable bonds is 7. The van der Waals surface area contributed by atoms with Crippen LogP contribution >= 0.6 is 0 Å². The molecule has 0 saturated heterocycles. The summed E-state index contributed by atoms with van der Waals surface area (Å²) in [7, 11) is 0. The Morgan fingerprint density at radius 1 is 0.943 bits per heavy atom. The van der Waals surface area contributed by atoms with E-state index < -0.39 is 5.97 Å². The highest BCUT2D eigenvalue weighted by molar-refractivity contribution is 5.89. The van der Waals surface area contributed by atoms with Crippen molar-refractivity contribution in [3.05, 3.63) is 126 Å². The number of nitrogens with zero attached hydrogens (tertiary/aromatic N) is 2. The molecule has 2 heterocycles. The zero-order valence-corrected chi connectivity index (χ0v) is 19.4. The van der Waals surface area contributed by atoms with Gasteiger partial charge < -0.3 is 10.1 Å². The number of hydrogen-bond acceptors (Lipinski definition) is 4. The lowest BCUT2D eigenvalue weighted by Gasteiger charge is -2.10. The van der Waals surface area contributed by atoms with Gasteiger partial charge in [0, 0.05) is 24.4 Å². The van der Waals surface area contributed by atoms with Crippen molar-refractivity contribution in [3.63, 3.8) is 0 Å². The number of ether oxygens (including phenoxy) is 1. The fourth-order valence-electron chi connectivity index (χ4n) is 3.88. The van der Waals surface area contributed by atoms with Gasteiger partial charge in [0.1, 0.15) is 22.9 Å². The summed E-state index contributed by atoms with van der Waals surface area (Å²) in [5, 5.41) is 3.55. The van der Waals surface area contributed by atoms with E-state index in [0.717, 1.165) is 33.8 Å². The second-order valence-electron chi connectivity index (χ2n) is 8.27. The first-order valence-corrected chi connectivity index (χ1v) is 11.5. The number of carbonyl (C=O) groups excluding carboxylic acids is 1. The van der Waals surface area contributed by atoms with E-state index in [4.69, 9.17) is 9.72 Å². The molecule has 35 heavy (non-hydrogen) atoms. The summed E-state index contributed by atoms with van der Waals surface area (Å²) in [6, 6.07) is 31.4. The Hall–Kier alpha value is -4.64. The Labute approximate surface area is 204 Å². The second-order valence-corrected chi connectivity index (χ2v) is 8.27. The summed E-state index contributed by atoms with van der Waals surface area (Å²) in [4.78, 5) is 17.3. The topological polar surface area (TPSA) is 55.6 Å². The van der Waals surface area contributed by atoms with Gasteiger partial charge in [-0.25, -0.2) is 9.78 Å². The van der Waals surface area contributed by atoms with Gasteiger partial charge in [-0.15, -0.1) is 0 Å². The van der Waals surface area contributed by atoms with Crippen molar-refractivity contribution in [1.29, 1.82) is 0 Å². The van der Waals surface area contributed by atoms with Gasteiger partial charge in [0.05, 0.1) is 0 Å². The minimum absolute atomic E-state index is 0.431. The third kappa shape index (κ3) is 5.31.